The summed E-state index contributed by atoms with van der Waals surface area (Å²) >= 11 is 0. The molecule has 14 heavy (non-hydrogen) atoms. The molecule has 0 fully saturated rings. The van der Waals surface area contributed by atoms with Gasteiger partial charge in [0.25, 0.3) is 0 Å². The van der Waals surface area contributed by atoms with Gasteiger partial charge in [-0.05, 0) is 25.8 Å². The fourth-order valence-electron chi connectivity index (χ4n) is 1.97. The van der Waals surface area contributed by atoms with Gasteiger partial charge in [0.05, 0.1) is 12.2 Å². The first kappa shape index (κ1) is 9.47. The summed E-state index contributed by atoms with van der Waals surface area (Å²) in [5, 5.41) is 0. The van der Waals surface area contributed by atoms with E-state index in [-0.39, 0.29) is 12.2 Å². The molecule has 0 spiro atoms. The van der Waals surface area contributed by atoms with Crippen molar-refractivity contribution in [2.24, 2.45) is 0 Å². The standard InChI is InChI=1S/C13H16O/c1-10-8-11(2)14-13(9-10)12-6-4-3-5-7-12/h3-8,11,13H,9H2,1-2H3. The summed E-state index contributed by atoms with van der Waals surface area (Å²) in [7, 11) is 0. The molecule has 2 unspecified atom stereocenters. The van der Waals surface area contributed by atoms with Crippen LogP contribution in [0.25, 0.3) is 0 Å². The van der Waals surface area contributed by atoms with Crippen molar-refractivity contribution in [2.45, 2.75) is 32.5 Å². The summed E-state index contributed by atoms with van der Waals surface area (Å²) in [6, 6.07) is 10.4. The highest BCUT2D eigenvalue weighted by Crippen LogP contribution is 2.30. The van der Waals surface area contributed by atoms with Crippen molar-refractivity contribution >= 4 is 0 Å². The minimum atomic E-state index is 0.244. The van der Waals surface area contributed by atoms with Gasteiger partial charge >= 0.3 is 0 Å². The smallest absolute Gasteiger partial charge is 0.0869 e. The fourth-order valence-corrected chi connectivity index (χ4v) is 1.97. The third kappa shape index (κ3) is 2.05. The lowest BCUT2D eigenvalue weighted by Crippen LogP contribution is -2.17. The van der Waals surface area contributed by atoms with Crippen molar-refractivity contribution in [1.29, 1.82) is 0 Å². The molecule has 1 aromatic carbocycles. The Bertz CT molecular complexity index is 326. The van der Waals surface area contributed by atoms with Crippen LogP contribution in [-0.2, 0) is 4.74 Å². The number of hydrogen-bond acceptors (Lipinski definition) is 1. The van der Waals surface area contributed by atoms with Crippen molar-refractivity contribution in [3.63, 3.8) is 0 Å². The zero-order valence-corrected chi connectivity index (χ0v) is 8.73. The molecule has 0 aromatic heterocycles. The van der Waals surface area contributed by atoms with Gasteiger partial charge in [0.15, 0.2) is 0 Å². The monoisotopic (exact) mass is 188 g/mol. The zero-order chi connectivity index (χ0) is 9.97. The second kappa shape index (κ2) is 3.97. The van der Waals surface area contributed by atoms with E-state index in [1.165, 1.54) is 11.1 Å². The van der Waals surface area contributed by atoms with Crippen molar-refractivity contribution in [2.75, 3.05) is 0 Å². The first-order valence-electron chi connectivity index (χ1n) is 5.13. The highest BCUT2D eigenvalue weighted by atomic mass is 16.5. The van der Waals surface area contributed by atoms with E-state index in [2.05, 4.69) is 44.2 Å². The Labute approximate surface area is 85.4 Å². The molecule has 1 aliphatic heterocycles. The minimum absolute atomic E-state index is 0.244. The molecule has 74 valence electrons. The number of ether oxygens (including phenoxy) is 1. The maximum atomic E-state index is 5.87. The molecule has 2 rings (SSSR count). The number of rotatable bonds is 1. The van der Waals surface area contributed by atoms with E-state index in [4.69, 9.17) is 4.74 Å². The molecule has 0 radical (unpaired) electrons. The topological polar surface area (TPSA) is 9.23 Å². The molecule has 1 heteroatoms. The van der Waals surface area contributed by atoms with Gasteiger partial charge in [-0.2, -0.15) is 0 Å². The summed E-state index contributed by atoms with van der Waals surface area (Å²) in [5.41, 5.74) is 2.71. The lowest BCUT2D eigenvalue weighted by Gasteiger charge is -2.26. The highest BCUT2D eigenvalue weighted by Gasteiger charge is 2.19. The van der Waals surface area contributed by atoms with Gasteiger partial charge in [-0.25, -0.2) is 0 Å². The van der Waals surface area contributed by atoms with Crippen molar-refractivity contribution in [1.82, 2.24) is 0 Å². The van der Waals surface area contributed by atoms with Crippen molar-refractivity contribution in [3.05, 3.63) is 47.5 Å². The maximum absolute atomic E-state index is 5.87. The molecule has 1 aromatic rings. The number of benzene rings is 1. The van der Waals surface area contributed by atoms with Gasteiger partial charge in [-0.1, -0.05) is 42.0 Å². The van der Waals surface area contributed by atoms with Gasteiger partial charge in [0.1, 0.15) is 0 Å². The van der Waals surface area contributed by atoms with E-state index in [0.717, 1.165) is 6.42 Å². The zero-order valence-electron chi connectivity index (χ0n) is 8.73. The van der Waals surface area contributed by atoms with Gasteiger partial charge in [0.2, 0.25) is 0 Å². The van der Waals surface area contributed by atoms with Crippen molar-refractivity contribution < 1.29 is 4.74 Å². The summed E-state index contributed by atoms with van der Waals surface area (Å²) in [6.07, 6.45) is 3.71. The Morgan fingerprint density at radius 2 is 1.93 bits per heavy atom. The lowest BCUT2D eigenvalue weighted by atomic mass is 9.98. The summed E-state index contributed by atoms with van der Waals surface area (Å²) < 4.78 is 5.87. The lowest BCUT2D eigenvalue weighted by molar-refractivity contribution is 0.0114. The third-order valence-corrected chi connectivity index (χ3v) is 2.58. The van der Waals surface area contributed by atoms with Crippen LogP contribution in [0.5, 0.6) is 0 Å². The first-order valence-corrected chi connectivity index (χ1v) is 5.13. The normalized spacial score (nSPS) is 27.1. The molecule has 0 aliphatic carbocycles. The van der Waals surface area contributed by atoms with Crippen LogP contribution in [-0.4, -0.2) is 6.10 Å². The average molecular weight is 188 g/mol. The van der Waals surface area contributed by atoms with Gasteiger partial charge in [-0.15, -0.1) is 0 Å². The summed E-state index contributed by atoms with van der Waals surface area (Å²) in [5.74, 6) is 0. The Hall–Kier alpha value is -1.08. The third-order valence-electron chi connectivity index (χ3n) is 2.58. The average Bonchev–Trinajstić information content (AvgIpc) is 2.18. The fraction of sp³-hybridized carbons (Fsp3) is 0.385. The molecule has 0 N–H and O–H groups in total. The van der Waals surface area contributed by atoms with Gasteiger partial charge in [-0.3, -0.25) is 0 Å². The highest BCUT2D eigenvalue weighted by molar-refractivity contribution is 5.21. The van der Waals surface area contributed by atoms with E-state index in [1.54, 1.807) is 0 Å². The molecule has 0 amide bonds. The van der Waals surface area contributed by atoms with Crippen LogP contribution >= 0.6 is 0 Å². The van der Waals surface area contributed by atoms with Crippen LogP contribution in [0.2, 0.25) is 0 Å². The molecule has 1 aliphatic rings. The van der Waals surface area contributed by atoms with E-state index < -0.39 is 0 Å². The second-order valence-corrected chi connectivity index (χ2v) is 3.96. The minimum Gasteiger partial charge on any atom is -0.366 e. The van der Waals surface area contributed by atoms with Gasteiger partial charge in [0, 0.05) is 0 Å². The Morgan fingerprint density at radius 3 is 2.57 bits per heavy atom. The predicted octanol–water partition coefficient (Wildman–Crippen LogP) is 3.48. The molecular weight excluding hydrogens is 172 g/mol. The quantitative estimate of drug-likeness (QED) is 0.613. The summed E-state index contributed by atoms with van der Waals surface area (Å²) in [4.78, 5) is 0. The largest absolute Gasteiger partial charge is 0.366 e. The van der Waals surface area contributed by atoms with Crippen LogP contribution in [0.15, 0.2) is 42.0 Å². The van der Waals surface area contributed by atoms with Gasteiger partial charge < -0.3 is 4.74 Å². The van der Waals surface area contributed by atoms with Crippen LogP contribution < -0.4 is 0 Å². The second-order valence-electron chi connectivity index (χ2n) is 3.96. The molecule has 2 atom stereocenters. The van der Waals surface area contributed by atoms with Crippen LogP contribution in [0.3, 0.4) is 0 Å². The molecule has 0 bridgehead atoms. The maximum Gasteiger partial charge on any atom is 0.0869 e. The molecule has 1 nitrogen and oxygen atoms in total. The van der Waals surface area contributed by atoms with Crippen molar-refractivity contribution in [3.8, 4) is 0 Å². The first-order chi connectivity index (χ1) is 6.75. The molecule has 1 heterocycles. The predicted molar refractivity (Wildman–Crippen MR) is 58.1 cm³/mol. The molecule has 0 saturated carbocycles. The Balaban J connectivity index is 2.18. The summed E-state index contributed by atoms with van der Waals surface area (Å²) in [6.45, 7) is 4.27. The Kier molecular flexibility index (Phi) is 2.69. The van der Waals surface area contributed by atoms with Crippen LogP contribution in [0, 0.1) is 0 Å². The number of hydrogen-bond donors (Lipinski definition) is 0. The van der Waals surface area contributed by atoms with E-state index in [9.17, 15) is 0 Å². The SMILES string of the molecule is CC1=CC(C)OC(c2ccccc2)C1. The van der Waals surface area contributed by atoms with E-state index in [0.29, 0.717) is 0 Å². The molecular formula is C13H16O. The van der Waals surface area contributed by atoms with E-state index >= 15 is 0 Å². The van der Waals surface area contributed by atoms with Crippen LogP contribution in [0.4, 0.5) is 0 Å². The van der Waals surface area contributed by atoms with Crippen LogP contribution in [0.1, 0.15) is 31.9 Å². The molecule has 0 saturated heterocycles. The van der Waals surface area contributed by atoms with E-state index in [1.807, 2.05) is 6.07 Å². The Morgan fingerprint density at radius 1 is 1.21 bits per heavy atom.